The lowest BCUT2D eigenvalue weighted by atomic mass is 9.99. The molecular formula is C25H28O11. The van der Waals surface area contributed by atoms with Gasteiger partial charge in [0.15, 0.2) is 29.1 Å². The van der Waals surface area contributed by atoms with Crippen molar-refractivity contribution >= 4 is 11.0 Å². The summed E-state index contributed by atoms with van der Waals surface area (Å²) in [5.41, 5.74) is 1.89. The van der Waals surface area contributed by atoms with Crippen LogP contribution in [0.1, 0.15) is 18.1 Å². The molecule has 0 saturated carbocycles. The van der Waals surface area contributed by atoms with Crippen molar-refractivity contribution < 1.29 is 53.6 Å². The largest absolute Gasteiger partial charge is 0.493 e. The predicted octanol–water partition coefficient (Wildman–Crippen LogP) is 1.08. The van der Waals surface area contributed by atoms with Gasteiger partial charge in [-0.3, -0.25) is 0 Å². The number of benzene rings is 2. The molecule has 5 rings (SSSR count). The van der Waals surface area contributed by atoms with Gasteiger partial charge in [0.2, 0.25) is 6.79 Å². The zero-order valence-electron chi connectivity index (χ0n) is 19.4. The summed E-state index contributed by atoms with van der Waals surface area (Å²) in [4.78, 5) is 0. The maximum Gasteiger partial charge on any atom is 0.231 e. The summed E-state index contributed by atoms with van der Waals surface area (Å²) in [6.07, 6.45) is -7.64. The van der Waals surface area contributed by atoms with Crippen LogP contribution in [-0.2, 0) is 9.47 Å². The van der Waals surface area contributed by atoms with E-state index in [0.29, 0.717) is 34.2 Å². The van der Waals surface area contributed by atoms with Crippen molar-refractivity contribution in [3.05, 3.63) is 42.0 Å². The maximum atomic E-state index is 10.8. The first-order chi connectivity index (χ1) is 17.4. The van der Waals surface area contributed by atoms with Gasteiger partial charge < -0.3 is 53.6 Å². The Labute approximate surface area is 206 Å². The monoisotopic (exact) mass is 504 g/mol. The van der Waals surface area contributed by atoms with Crippen LogP contribution in [-0.4, -0.2) is 83.4 Å². The Kier molecular flexibility index (Phi) is 7.04. The zero-order chi connectivity index (χ0) is 25.4. The summed E-state index contributed by atoms with van der Waals surface area (Å²) in [5, 5.41) is 50.7. The van der Waals surface area contributed by atoms with Crippen LogP contribution in [0.15, 0.2) is 40.8 Å². The van der Waals surface area contributed by atoms with Crippen LogP contribution in [0.5, 0.6) is 17.2 Å². The summed E-state index contributed by atoms with van der Waals surface area (Å²) in [6, 6.07) is 10.8. The summed E-state index contributed by atoms with van der Waals surface area (Å²) in [7, 11) is 1.51. The molecule has 1 aromatic heterocycles. The van der Waals surface area contributed by atoms with Crippen LogP contribution in [0.2, 0.25) is 0 Å². The van der Waals surface area contributed by atoms with Crippen LogP contribution >= 0.6 is 0 Å². The van der Waals surface area contributed by atoms with Gasteiger partial charge in [0.05, 0.1) is 26.4 Å². The molecule has 2 aliphatic rings. The molecular weight excluding hydrogens is 476 g/mol. The van der Waals surface area contributed by atoms with Gasteiger partial charge >= 0.3 is 0 Å². The van der Waals surface area contributed by atoms with E-state index < -0.39 is 43.4 Å². The normalized spacial score (nSPS) is 26.3. The summed E-state index contributed by atoms with van der Waals surface area (Å²) < 4.78 is 33.2. The van der Waals surface area contributed by atoms with E-state index in [4.69, 9.17) is 28.1 Å². The van der Waals surface area contributed by atoms with Crippen LogP contribution in [0.25, 0.3) is 22.3 Å². The van der Waals surface area contributed by atoms with Crippen molar-refractivity contribution in [2.45, 2.75) is 43.2 Å². The lowest BCUT2D eigenvalue weighted by Crippen LogP contribution is -2.59. The van der Waals surface area contributed by atoms with Gasteiger partial charge in [-0.05, 0) is 42.0 Å². The minimum Gasteiger partial charge on any atom is -0.493 e. The number of aliphatic hydroxyl groups excluding tert-OH is 5. The molecule has 0 spiro atoms. The number of ether oxygens (including phenoxy) is 5. The van der Waals surface area contributed by atoms with Gasteiger partial charge in [-0.2, -0.15) is 0 Å². The summed E-state index contributed by atoms with van der Waals surface area (Å²) in [6.45, 7) is -0.404. The topological polar surface area (TPSA) is 160 Å². The van der Waals surface area contributed by atoms with Crippen molar-refractivity contribution in [2.75, 3.05) is 27.1 Å². The zero-order valence-corrected chi connectivity index (χ0v) is 19.4. The molecule has 0 unspecified atom stereocenters. The Morgan fingerprint density at radius 1 is 1.00 bits per heavy atom. The van der Waals surface area contributed by atoms with E-state index in [1.807, 2.05) is 24.3 Å². The van der Waals surface area contributed by atoms with Crippen molar-refractivity contribution in [2.24, 2.45) is 0 Å². The highest BCUT2D eigenvalue weighted by Gasteiger charge is 2.44. The highest BCUT2D eigenvalue weighted by molar-refractivity contribution is 5.88. The molecule has 5 N–H and O–H groups in total. The molecule has 0 bridgehead atoms. The van der Waals surface area contributed by atoms with Crippen molar-refractivity contribution in [1.82, 2.24) is 0 Å². The number of aliphatic hydroxyl groups is 5. The molecule has 2 aromatic carbocycles. The average molecular weight is 504 g/mol. The minimum absolute atomic E-state index is 0.0297. The lowest BCUT2D eigenvalue weighted by Gasteiger charge is -2.39. The van der Waals surface area contributed by atoms with Gasteiger partial charge in [0.1, 0.15) is 30.2 Å². The van der Waals surface area contributed by atoms with Gasteiger partial charge in [-0.25, -0.2) is 0 Å². The molecule has 194 valence electrons. The second-order valence-electron chi connectivity index (χ2n) is 8.69. The van der Waals surface area contributed by atoms with Crippen LogP contribution in [0.3, 0.4) is 0 Å². The van der Waals surface area contributed by atoms with E-state index in [9.17, 15) is 25.5 Å². The summed E-state index contributed by atoms with van der Waals surface area (Å²) >= 11 is 0. The SMILES string of the molecule is COc1cc([C@@H](O)CCO[C@@H]2O[C@@H](CO)[C@@H](O)[C@@H](O)[C@H]2O)cc2cc(-c3ccc4c(c3)OCO4)oc12. The Bertz CT molecular complexity index is 1210. The van der Waals surface area contributed by atoms with E-state index in [2.05, 4.69) is 0 Å². The molecule has 2 aliphatic heterocycles. The molecule has 0 aliphatic carbocycles. The first kappa shape index (κ1) is 24.8. The standard InChI is InChI=1S/C25H28O11/c1-31-19-8-13(15(27)4-5-32-25-23(30)22(29)21(28)20(10-26)36-25)6-14-9-17(35-24(14)19)12-2-3-16-18(7-12)34-11-33-16/h2-3,6-9,15,20-23,25-30H,4-5,10-11H2,1H3/t15-,20-,21+,22+,23+,25+/m0/s1. The molecule has 11 heteroatoms. The number of methoxy groups -OCH3 is 1. The Morgan fingerprint density at radius 2 is 1.81 bits per heavy atom. The summed E-state index contributed by atoms with van der Waals surface area (Å²) in [5.74, 6) is 2.35. The first-order valence-electron chi connectivity index (χ1n) is 11.5. The average Bonchev–Trinajstić information content (AvgIpc) is 3.54. The number of hydrogen-bond acceptors (Lipinski definition) is 11. The van der Waals surface area contributed by atoms with Crippen LogP contribution in [0.4, 0.5) is 0 Å². The predicted molar refractivity (Wildman–Crippen MR) is 124 cm³/mol. The number of rotatable bonds is 8. The molecule has 0 amide bonds. The number of hydrogen-bond donors (Lipinski definition) is 5. The second-order valence-corrected chi connectivity index (χ2v) is 8.69. The van der Waals surface area contributed by atoms with Crippen LogP contribution in [0, 0.1) is 0 Å². The molecule has 6 atom stereocenters. The van der Waals surface area contributed by atoms with Crippen LogP contribution < -0.4 is 14.2 Å². The van der Waals surface area contributed by atoms with Gasteiger partial charge in [-0.1, -0.05) is 0 Å². The first-order valence-corrected chi connectivity index (χ1v) is 11.5. The number of fused-ring (bicyclic) bond motifs is 2. The second kappa shape index (κ2) is 10.2. The molecule has 0 radical (unpaired) electrons. The smallest absolute Gasteiger partial charge is 0.231 e. The molecule has 3 heterocycles. The molecule has 3 aromatic rings. The molecule has 1 fully saturated rings. The van der Waals surface area contributed by atoms with Gasteiger partial charge in [0.25, 0.3) is 0 Å². The minimum atomic E-state index is -1.53. The van der Waals surface area contributed by atoms with E-state index in [-0.39, 0.29) is 19.8 Å². The lowest BCUT2D eigenvalue weighted by molar-refractivity contribution is -0.301. The number of furan rings is 1. The third kappa shape index (κ3) is 4.62. The molecule has 1 saturated heterocycles. The highest BCUT2D eigenvalue weighted by Crippen LogP contribution is 2.40. The maximum absolute atomic E-state index is 10.8. The quantitative estimate of drug-likeness (QED) is 0.299. The van der Waals surface area contributed by atoms with E-state index in [0.717, 1.165) is 10.9 Å². The highest BCUT2D eigenvalue weighted by atomic mass is 16.7. The van der Waals surface area contributed by atoms with Gasteiger partial charge in [0, 0.05) is 17.4 Å². The fourth-order valence-electron chi connectivity index (χ4n) is 4.35. The van der Waals surface area contributed by atoms with Gasteiger partial charge in [-0.15, -0.1) is 0 Å². The van der Waals surface area contributed by atoms with E-state index in [1.54, 1.807) is 12.1 Å². The Hall–Kier alpha value is -2.90. The fourth-order valence-corrected chi connectivity index (χ4v) is 4.35. The molecule has 11 nitrogen and oxygen atoms in total. The van der Waals surface area contributed by atoms with Crippen molar-refractivity contribution in [3.8, 4) is 28.6 Å². The fraction of sp³-hybridized carbons (Fsp3) is 0.440. The molecule has 36 heavy (non-hydrogen) atoms. The van der Waals surface area contributed by atoms with Crippen molar-refractivity contribution in [1.29, 1.82) is 0 Å². The third-order valence-electron chi connectivity index (χ3n) is 6.39. The van der Waals surface area contributed by atoms with E-state index in [1.165, 1.54) is 7.11 Å². The third-order valence-corrected chi connectivity index (χ3v) is 6.39. The van der Waals surface area contributed by atoms with E-state index >= 15 is 0 Å². The Morgan fingerprint density at radius 3 is 2.58 bits per heavy atom. The van der Waals surface area contributed by atoms with Crippen molar-refractivity contribution in [3.63, 3.8) is 0 Å². The Balaban J connectivity index is 1.29.